The van der Waals surface area contributed by atoms with Crippen molar-refractivity contribution in [3.8, 4) is 0 Å². The Morgan fingerprint density at radius 2 is 2.10 bits per heavy atom. The molecular weight excluding hydrogens is 288 g/mol. The zero-order valence-electron chi connectivity index (χ0n) is 12.1. The lowest BCUT2D eigenvalue weighted by Gasteiger charge is -2.24. The van der Waals surface area contributed by atoms with E-state index in [2.05, 4.69) is 20.6 Å². The Balaban J connectivity index is 1.40. The molecule has 0 saturated heterocycles. The van der Waals surface area contributed by atoms with E-state index in [1.807, 2.05) is 6.20 Å². The summed E-state index contributed by atoms with van der Waals surface area (Å²) in [6.45, 7) is 1.48. The fourth-order valence-electron chi connectivity index (χ4n) is 2.53. The Kier molecular flexibility index (Phi) is 4.58. The predicted octanol–water partition coefficient (Wildman–Crippen LogP) is 2.73. The van der Waals surface area contributed by atoms with Crippen LogP contribution in [0.1, 0.15) is 50.0 Å². The van der Waals surface area contributed by atoms with E-state index in [9.17, 15) is 4.79 Å². The van der Waals surface area contributed by atoms with Crippen LogP contribution in [0.5, 0.6) is 0 Å². The van der Waals surface area contributed by atoms with Gasteiger partial charge in [0.1, 0.15) is 5.82 Å². The van der Waals surface area contributed by atoms with Gasteiger partial charge in [0, 0.05) is 30.8 Å². The van der Waals surface area contributed by atoms with E-state index in [1.54, 1.807) is 0 Å². The van der Waals surface area contributed by atoms with Crippen LogP contribution < -0.4 is 10.6 Å². The summed E-state index contributed by atoms with van der Waals surface area (Å²) in [6, 6.07) is 0. The summed E-state index contributed by atoms with van der Waals surface area (Å²) in [6.07, 6.45) is 8.41. The van der Waals surface area contributed by atoms with Crippen LogP contribution in [-0.4, -0.2) is 29.0 Å². The van der Waals surface area contributed by atoms with Crippen LogP contribution in [0, 0.1) is 5.92 Å². The number of hydrogen-bond acceptors (Lipinski definition) is 4. The van der Waals surface area contributed by atoms with Crippen LogP contribution in [-0.2, 0) is 4.79 Å². The van der Waals surface area contributed by atoms with E-state index in [1.165, 1.54) is 19.3 Å². The third-order valence-electron chi connectivity index (χ3n) is 4.23. The highest BCUT2D eigenvalue weighted by molar-refractivity contribution is 6.28. The summed E-state index contributed by atoms with van der Waals surface area (Å²) in [5.74, 6) is 1.91. The van der Waals surface area contributed by atoms with Gasteiger partial charge in [0.15, 0.2) is 0 Å². The summed E-state index contributed by atoms with van der Waals surface area (Å²) in [5, 5.41) is 6.59. The van der Waals surface area contributed by atoms with Gasteiger partial charge in [-0.05, 0) is 49.6 Å². The van der Waals surface area contributed by atoms with Gasteiger partial charge in [-0.1, -0.05) is 6.42 Å². The Labute approximate surface area is 129 Å². The van der Waals surface area contributed by atoms with Crippen molar-refractivity contribution in [1.29, 1.82) is 0 Å². The van der Waals surface area contributed by atoms with E-state index in [4.69, 9.17) is 11.6 Å². The Hall–Kier alpha value is -1.36. The van der Waals surface area contributed by atoms with Crippen molar-refractivity contribution < 1.29 is 4.79 Å². The largest absolute Gasteiger partial charge is 0.370 e. The van der Waals surface area contributed by atoms with Gasteiger partial charge in [0.25, 0.3) is 0 Å². The molecule has 21 heavy (non-hydrogen) atoms. The van der Waals surface area contributed by atoms with Gasteiger partial charge in [-0.25, -0.2) is 9.97 Å². The number of amides is 1. The standard InChI is InChI=1S/C15H21ClN4O/c16-15-19-9-12(10-5-6-10)13(20-15)17-7-2-8-18-14(21)11-3-1-4-11/h9-11H,1-8H2,(H,18,21)(H,17,19,20). The van der Waals surface area contributed by atoms with Crippen molar-refractivity contribution in [1.82, 2.24) is 15.3 Å². The average Bonchev–Trinajstić information content (AvgIpc) is 3.20. The molecule has 2 aliphatic carbocycles. The molecule has 1 aromatic rings. The molecule has 1 aromatic heterocycles. The maximum atomic E-state index is 11.7. The lowest BCUT2D eigenvalue weighted by atomic mass is 9.85. The van der Waals surface area contributed by atoms with Crippen LogP contribution in [0.3, 0.4) is 0 Å². The first kappa shape index (κ1) is 14.6. The summed E-state index contributed by atoms with van der Waals surface area (Å²) in [7, 11) is 0. The van der Waals surface area contributed by atoms with Crippen LogP contribution in [0.2, 0.25) is 5.28 Å². The minimum absolute atomic E-state index is 0.213. The molecule has 5 nitrogen and oxygen atoms in total. The third-order valence-corrected chi connectivity index (χ3v) is 4.41. The lowest BCUT2D eigenvalue weighted by molar-refractivity contribution is -0.127. The molecule has 0 aliphatic heterocycles. The normalized spacial score (nSPS) is 18.1. The molecule has 2 aliphatic rings. The van der Waals surface area contributed by atoms with E-state index in [0.29, 0.717) is 12.5 Å². The predicted molar refractivity (Wildman–Crippen MR) is 82.5 cm³/mol. The molecule has 2 N–H and O–H groups in total. The number of carbonyl (C=O) groups excluding carboxylic acids is 1. The first-order chi connectivity index (χ1) is 10.2. The van der Waals surface area contributed by atoms with Crippen LogP contribution >= 0.6 is 11.6 Å². The van der Waals surface area contributed by atoms with Crippen molar-refractivity contribution in [2.75, 3.05) is 18.4 Å². The number of hydrogen-bond donors (Lipinski definition) is 2. The molecule has 0 bridgehead atoms. The quantitative estimate of drug-likeness (QED) is 0.600. The fraction of sp³-hybridized carbons (Fsp3) is 0.667. The first-order valence-corrected chi connectivity index (χ1v) is 8.16. The highest BCUT2D eigenvalue weighted by Crippen LogP contribution is 2.42. The monoisotopic (exact) mass is 308 g/mol. The average molecular weight is 309 g/mol. The number of carbonyl (C=O) groups is 1. The van der Waals surface area contributed by atoms with Gasteiger partial charge in [-0.3, -0.25) is 4.79 Å². The molecular formula is C15H21ClN4O. The number of halogens is 1. The molecule has 6 heteroatoms. The molecule has 1 heterocycles. The van der Waals surface area contributed by atoms with Crippen molar-refractivity contribution >= 4 is 23.3 Å². The van der Waals surface area contributed by atoms with Gasteiger partial charge >= 0.3 is 0 Å². The molecule has 0 spiro atoms. The zero-order valence-corrected chi connectivity index (χ0v) is 12.8. The molecule has 3 rings (SSSR count). The van der Waals surface area contributed by atoms with Crippen molar-refractivity contribution in [2.45, 2.75) is 44.4 Å². The first-order valence-electron chi connectivity index (χ1n) is 7.78. The Morgan fingerprint density at radius 1 is 1.29 bits per heavy atom. The number of nitrogens with zero attached hydrogens (tertiary/aromatic N) is 2. The summed E-state index contributed by atoms with van der Waals surface area (Å²) in [4.78, 5) is 20.0. The van der Waals surface area contributed by atoms with Crippen molar-refractivity contribution in [2.24, 2.45) is 5.92 Å². The minimum atomic E-state index is 0.213. The fourth-order valence-corrected chi connectivity index (χ4v) is 2.66. The summed E-state index contributed by atoms with van der Waals surface area (Å²) < 4.78 is 0. The van der Waals surface area contributed by atoms with Gasteiger partial charge in [0.05, 0.1) is 0 Å². The second-order valence-electron chi connectivity index (χ2n) is 5.92. The van der Waals surface area contributed by atoms with Crippen LogP contribution in [0.15, 0.2) is 6.20 Å². The highest BCUT2D eigenvalue weighted by Gasteiger charge is 2.27. The Morgan fingerprint density at radius 3 is 2.76 bits per heavy atom. The van der Waals surface area contributed by atoms with Gasteiger partial charge in [-0.15, -0.1) is 0 Å². The lowest BCUT2D eigenvalue weighted by Crippen LogP contribution is -2.35. The topological polar surface area (TPSA) is 66.9 Å². The minimum Gasteiger partial charge on any atom is -0.370 e. The SMILES string of the molecule is O=C(NCCCNc1nc(Cl)ncc1C1CC1)C1CCC1. The van der Waals surface area contributed by atoms with E-state index in [-0.39, 0.29) is 17.1 Å². The molecule has 1 amide bonds. The second kappa shape index (κ2) is 6.60. The molecule has 0 radical (unpaired) electrons. The molecule has 0 atom stereocenters. The summed E-state index contributed by atoms with van der Waals surface area (Å²) >= 11 is 5.86. The van der Waals surface area contributed by atoms with Crippen molar-refractivity contribution in [3.05, 3.63) is 17.0 Å². The Bertz CT molecular complexity index is 514. The van der Waals surface area contributed by atoms with E-state index >= 15 is 0 Å². The molecule has 114 valence electrons. The number of nitrogens with one attached hydrogen (secondary N) is 2. The van der Waals surface area contributed by atoms with E-state index < -0.39 is 0 Å². The third kappa shape index (κ3) is 3.84. The zero-order chi connectivity index (χ0) is 14.7. The highest BCUT2D eigenvalue weighted by atomic mass is 35.5. The molecule has 0 aromatic carbocycles. The van der Waals surface area contributed by atoms with Crippen LogP contribution in [0.25, 0.3) is 0 Å². The van der Waals surface area contributed by atoms with Gasteiger partial charge in [-0.2, -0.15) is 0 Å². The molecule has 2 fully saturated rings. The van der Waals surface area contributed by atoms with Gasteiger partial charge in [0.2, 0.25) is 11.2 Å². The number of aromatic nitrogens is 2. The van der Waals surface area contributed by atoms with Crippen molar-refractivity contribution in [3.63, 3.8) is 0 Å². The van der Waals surface area contributed by atoms with Gasteiger partial charge < -0.3 is 10.6 Å². The van der Waals surface area contributed by atoms with Crippen LogP contribution in [0.4, 0.5) is 5.82 Å². The van der Waals surface area contributed by atoms with E-state index in [0.717, 1.165) is 37.2 Å². The second-order valence-corrected chi connectivity index (χ2v) is 6.25. The molecule has 2 saturated carbocycles. The number of anilines is 1. The maximum absolute atomic E-state index is 11.7. The maximum Gasteiger partial charge on any atom is 0.224 e. The number of rotatable bonds is 7. The smallest absolute Gasteiger partial charge is 0.224 e. The summed E-state index contributed by atoms with van der Waals surface area (Å²) in [5.41, 5.74) is 1.16. The molecule has 0 unspecified atom stereocenters.